The molecule has 2 aromatic rings. The molecular formula is C12H13FN4. The molecule has 0 aliphatic carbocycles. The van der Waals surface area contributed by atoms with Crippen molar-refractivity contribution in [2.24, 2.45) is 5.73 Å². The van der Waals surface area contributed by atoms with Crippen LogP contribution in [0.2, 0.25) is 0 Å². The van der Waals surface area contributed by atoms with E-state index in [1.54, 1.807) is 42.4 Å². The Morgan fingerprint density at radius 3 is 2.76 bits per heavy atom. The van der Waals surface area contributed by atoms with Gasteiger partial charge in [-0.2, -0.15) is 5.10 Å². The van der Waals surface area contributed by atoms with Crippen LogP contribution in [0.25, 0.3) is 0 Å². The normalized spacial score (nSPS) is 10.3. The molecule has 0 atom stereocenters. The Morgan fingerprint density at radius 1 is 1.29 bits per heavy atom. The van der Waals surface area contributed by atoms with Gasteiger partial charge in [-0.25, -0.2) is 4.39 Å². The van der Waals surface area contributed by atoms with Crippen molar-refractivity contribution in [3.05, 3.63) is 47.9 Å². The first-order valence-corrected chi connectivity index (χ1v) is 5.23. The summed E-state index contributed by atoms with van der Waals surface area (Å²) >= 11 is 0. The molecule has 0 aliphatic rings. The number of hydrogen-bond acceptors (Lipinski definition) is 4. The number of anilines is 2. The van der Waals surface area contributed by atoms with Crippen LogP contribution in [0.4, 0.5) is 15.9 Å². The second-order valence-electron chi connectivity index (χ2n) is 3.59. The highest BCUT2D eigenvalue weighted by atomic mass is 19.1. The Labute approximate surface area is 98.9 Å². The lowest BCUT2D eigenvalue weighted by Gasteiger charge is -2.20. The van der Waals surface area contributed by atoms with Gasteiger partial charge in [-0.3, -0.25) is 0 Å². The Balaban J connectivity index is 2.44. The van der Waals surface area contributed by atoms with E-state index in [4.69, 9.17) is 5.73 Å². The van der Waals surface area contributed by atoms with Crippen LogP contribution < -0.4 is 10.6 Å². The van der Waals surface area contributed by atoms with E-state index in [0.29, 0.717) is 18.1 Å². The van der Waals surface area contributed by atoms with Crippen LogP contribution in [0, 0.1) is 5.82 Å². The summed E-state index contributed by atoms with van der Waals surface area (Å²) in [5.41, 5.74) is 6.89. The van der Waals surface area contributed by atoms with Crippen molar-refractivity contribution in [1.29, 1.82) is 0 Å². The van der Waals surface area contributed by atoms with Crippen LogP contribution in [0.1, 0.15) is 5.56 Å². The molecule has 1 heterocycles. The van der Waals surface area contributed by atoms with Crippen LogP contribution in [-0.2, 0) is 6.54 Å². The Morgan fingerprint density at radius 2 is 2.06 bits per heavy atom. The van der Waals surface area contributed by atoms with Crippen molar-refractivity contribution >= 4 is 11.5 Å². The largest absolute Gasteiger partial charge is 0.326 e. The highest BCUT2D eigenvalue weighted by molar-refractivity contribution is 5.61. The minimum absolute atomic E-state index is 0.302. The monoisotopic (exact) mass is 232 g/mol. The number of hydrogen-bond donors (Lipinski definition) is 1. The van der Waals surface area contributed by atoms with E-state index in [9.17, 15) is 4.39 Å². The molecule has 2 N–H and O–H groups in total. The first kappa shape index (κ1) is 11.5. The SMILES string of the molecule is CN(c1ccccc1F)c1nnccc1CN. The van der Waals surface area contributed by atoms with Crippen molar-refractivity contribution < 1.29 is 4.39 Å². The number of aromatic nitrogens is 2. The molecule has 4 nitrogen and oxygen atoms in total. The molecule has 0 unspecified atom stereocenters. The minimum atomic E-state index is -0.302. The minimum Gasteiger partial charge on any atom is -0.326 e. The van der Waals surface area contributed by atoms with Crippen LogP contribution in [0.3, 0.4) is 0 Å². The van der Waals surface area contributed by atoms with Crippen LogP contribution in [-0.4, -0.2) is 17.2 Å². The zero-order valence-electron chi connectivity index (χ0n) is 9.47. The van der Waals surface area contributed by atoms with Crippen molar-refractivity contribution in [2.45, 2.75) is 6.54 Å². The van der Waals surface area contributed by atoms with Crippen molar-refractivity contribution in [3.8, 4) is 0 Å². The maximum absolute atomic E-state index is 13.6. The molecular weight excluding hydrogens is 219 g/mol. The number of nitrogens with two attached hydrogens (primary N) is 1. The summed E-state index contributed by atoms with van der Waals surface area (Å²) in [7, 11) is 1.74. The summed E-state index contributed by atoms with van der Waals surface area (Å²) in [6.45, 7) is 0.337. The van der Waals surface area contributed by atoms with Crippen LogP contribution in [0.15, 0.2) is 36.5 Å². The Bertz CT molecular complexity index is 515. The lowest BCUT2D eigenvalue weighted by molar-refractivity contribution is 0.627. The van der Waals surface area contributed by atoms with Crippen molar-refractivity contribution in [3.63, 3.8) is 0 Å². The predicted molar refractivity (Wildman–Crippen MR) is 64.4 cm³/mol. The van der Waals surface area contributed by atoms with Gasteiger partial charge in [0.15, 0.2) is 5.82 Å². The molecule has 0 radical (unpaired) electrons. The molecule has 2 rings (SSSR count). The van der Waals surface area contributed by atoms with Gasteiger partial charge in [0.05, 0.1) is 11.9 Å². The van der Waals surface area contributed by atoms with E-state index < -0.39 is 0 Å². The first-order chi connectivity index (χ1) is 8.24. The third-order valence-electron chi connectivity index (χ3n) is 2.53. The molecule has 0 amide bonds. The van der Waals surface area contributed by atoms with Gasteiger partial charge in [-0.15, -0.1) is 5.10 Å². The number of halogens is 1. The highest BCUT2D eigenvalue weighted by Gasteiger charge is 2.13. The molecule has 0 spiro atoms. The summed E-state index contributed by atoms with van der Waals surface area (Å²) in [4.78, 5) is 1.64. The van der Waals surface area contributed by atoms with Gasteiger partial charge in [0.2, 0.25) is 0 Å². The predicted octanol–water partition coefficient (Wildman–Crippen LogP) is 1.84. The average molecular weight is 232 g/mol. The van der Waals surface area contributed by atoms with Crippen molar-refractivity contribution in [1.82, 2.24) is 10.2 Å². The van der Waals surface area contributed by atoms with Crippen LogP contribution >= 0.6 is 0 Å². The molecule has 1 aromatic carbocycles. The third-order valence-corrected chi connectivity index (χ3v) is 2.53. The van der Waals surface area contributed by atoms with Gasteiger partial charge in [0.25, 0.3) is 0 Å². The van der Waals surface area contributed by atoms with E-state index >= 15 is 0 Å². The van der Waals surface area contributed by atoms with E-state index in [1.807, 2.05) is 0 Å². The highest BCUT2D eigenvalue weighted by Crippen LogP contribution is 2.26. The lowest BCUT2D eigenvalue weighted by Crippen LogP contribution is -2.16. The molecule has 0 saturated heterocycles. The number of rotatable bonds is 3. The number of benzene rings is 1. The zero-order chi connectivity index (χ0) is 12.3. The summed E-state index contributed by atoms with van der Waals surface area (Å²) in [6, 6.07) is 8.29. The van der Waals surface area contributed by atoms with Gasteiger partial charge in [0.1, 0.15) is 5.82 Å². The fourth-order valence-electron chi connectivity index (χ4n) is 1.63. The number of para-hydroxylation sites is 1. The van der Waals surface area contributed by atoms with Gasteiger partial charge < -0.3 is 10.6 Å². The van der Waals surface area contributed by atoms with Gasteiger partial charge in [0, 0.05) is 19.2 Å². The summed E-state index contributed by atoms with van der Waals surface area (Å²) in [5, 5.41) is 7.80. The van der Waals surface area contributed by atoms with Gasteiger partial charge >= 0.3 is 0 Å². The maximum atomic E-state index is 13.6. The van der Waals surface area contributed by atoms with Gasteiger partial charge in [-0.1, -0.05) is 12.1 Å². The van der Waals surface area contributed by atoms with E-state index in [0.717, 1.165) is 5.56 Å². The first-order valence-electron chi connectivity index (χ1n) is 5.23. The lowest BCUT2D eigenvalue weighted by atomic mass is 10.2. The summed E-state index contributed by atoms with van der Waals surface area (Å²) in [5.74, 6) is 0.267. The second kappa shape index (κ2) is 4.88. The molecule has 1 aromatic heterocycles. The molecule has 0 fully saturated rings. The molecule has 17 heavy (non-hydrogen) atoms. The van der Waals surface area contributed by atoms with Crippen LogP contribution in [0.5, 0.6) is 0 Å². The summed E-state index contributed by atoms with van der Waals surface area (Å²) in [6.07, 6.45) is 1.57. The second-order valence-corrected chi connectivity index (χ2v) is 3.59. The molecule has 88 valence electrons. The standard InChI is InChI=1S/C12H13FN4/c1-17(11-5-3-2-4-10(11)13)12-9(8-14)6-7-15-16-12/h2-7H,8,14H2,1H3. The molecule has 0 bridgehead atoms. The summed E-state index contributed by atoms with van der Waals surface area (Å²) < 4.78 is 13.6. The van der Waals surface area contributed by atoms with E-state index in [1.165, 1.54) is 6.07 Å². The zero-order valence-corrected chi connectivity index (χ0v) is 9.47. The number of nitrogens with zero attached hydrogens (tertiary/aromatic N) is 3. The average Bonchev–Trinajstić information content (AvgIpc) is 2.38. The van der Waals surface area contributed by atoms with E-state index in [2.05, 4.69) is 10.2 Å². The molecule has 0 saturated carbocycles. The van der Waals surface area contributed by atoms with Gasteiger partial charge in [-0.05, 0) is 18.2 Å². The molecule has 0 aliphatic heterocycles. The van der Waals surface area contributed by atoms with E-state index in [-0.39, 0.29) is 5.82 Å². The Hall–Kier alpha value is -2.01. The third kappa shape index (κ3) is 2.24. The Kier molecular flexibility index (Phi) is 3.30. The maximum Gasteiger partial charge on any atom is 0.160 e. The smallest absolute Gasteiger partial charge is 0.160 e. The topological polar surface area (TPSA) is 55.0 Å². The molecule has 5 heteroatoms. The quantitative estimate of drug-likeness (QED) is 0.877. The van der Waals surface area contributed by atoms with Crippen molar-refractivity contribution in [2.75, 3.05) is 11.9 Å². The fraction of sp³-hybridized carbons (Fsp3) is 0.167. The fourth-order valence-corrected chi connectivity index (χ4v) is 1.63.